The van der Waals surface area contributed by atoms with E-state index in [0.717, 1.165) is 11.4 Å². The Balaban J connectivity index is 2.29. The van der Waals surface area contributed by atoms with Gasteiger partial charge in [-0.1, -0.05) is 12.1 Å². The fourth-order valence-corrected chi connectivity index (χ4v) is 1.38. The van der Waals surface area contributed by atoms with Crippen LogP contribution in [0.3, 0.4) is 0 Å². The maximum Gasteiger partial charge on any atom is 0.132 e. The number of benzene rings is 1. The molecule has 0 bridgehead atoms. The van der Waals surface area contributed by atoms with E-state index < -0.39 is 0 Å². The molecule has 0 amide bonds. The van der Waals surface area contributed by atoms with Crippen LogP contribution in [0.25, 0.3) is 0 Å². The van der Waals surface area contributed by atoms with Crippen LogP contribution in [0, 0.1) is 0 Å². The van der Waals surface area contributed by atoms with Gasteiger partial charge in [-0.15, -0.1) is 0 Å². The average Bonchev–Trinajstić information content (AvgIpc) is 2.26. The molecule has 0 saturated carbocycles. The summed E-state index contributed by atoms with van der Waals surface area (Å²) in [5, 5.41) is 0. The van der Waals surface area contributed by atoms with E-state index in [1.807, 2.05) is 12.1 Å². The second-order valence-electron chi connectivity index (χ2n) is 3.26. The number of nitrogens with zero attached hydrogens (tertiary/aromatic N) is 2. The van der Waals surface area contributed by atoms with E-state index in [1.165, 1.54) is 0 Å². The number of hydrogen-bond acceptors (Lipinski definition) is 4. The molecule has 0 atom stereocenters. The molecule has 2 aromatic rings. The Labute approximate surface area is 88.0 Å². The zero-order valence-corrected chi connectivity index (χ0v) is 8.22. The zero-order chi connectivity index (χ0) is 10.7. The Bertz CT molecular complexity index is 453. The molecule has 15 heavy (non-hydrogen) atoms. The minimum absolute atomic E-state index is 0.600. The van der Waals surface area contributed by atoms with Gasteiger partial charge in [0.2, 0.25) is 0 Å². The molecule has 4 N–H and O–H groups in total. The van der Waals surface area contributed by atoms with Crippen molar-refractivity contribution in [1.29, 1.82) is 0 Å². The third-order valence-corrected chi connectivity index (χ3v) is 2.20. The molecule has 76 valence electrons. The highest BCUT2D eigenvalue weighted by molar-refractivity contribution is 5.67. The second kappa shape index (κ2) is 3.96. The molecule has 1 heterocycles. The van der Waals surface area contributed by atoms with E-state index in [4.69, 9.17) is 11.5 Å². The SMILES string of the molecule is Nc1cccc(Cc2ncccn2)c1N. The Morgan fingerprint density at radius 1 is 1.00 bits per heavy atom. The van der Waals surface area contributed by atoms with Gasteiger partial charge < -0.3 is 11.5 Å². The Morgan fingerprint density at radius 3 is 2.47 bits per heavy atom. The van der Waals surface area contributed by atoms with Crippen LogP contribution >= 0.6 is 0 Å². The largest absolute Gasteiger partial charge is 0.397 e. The predicted octanol–water partition coefficient (Wildman–Crippen LogP) is 1.23. The molecule has 1 aromatic heterocycles. The molecular formula is C11H12N4. The number of aromatic nitrogens is 2. The number of hydrogen-bond donors (Lipinski definition) is 2. The summed E-state index contributed by atoms with van der Waals surface area (Å²) in [5.41, 5.74) is 13.7. The number of rotatable bonds is 2. The highest BCUT2D eigenvalue weighted by atomic mass is 14.8. The number of anilines is 2. The van der Waals surface area contributed by atoms with E-state index in [0.29, 0.717) is 17.8 Å². The van der Waals surface area contributed by atoms with Crippen LogP contribution in [-0.4, -0.2) is 9.97 Å². The molecule has 0 unspecified atom stereocenters. The summed E-state index contributed by atoms with van der Waals surface area (Å²) >= 11 is 0. The maximum atomic E-state index is 5.85. The van der Waals surface area contributed by atoms with Crippen molar-refractivity contribution < 1.29 is 0 Å². The first-order valence-corrected chi connectivity index (χ1v) is 4.66. The molecule has 1 aromatic carbocycles. The quantitative estimate of drug-likeness (QED) is 0.715. The van der Waals surface area contributed by atoms with E-state index in [1.54, 1.807) is 24.5 Å². The summed E-state index contributed by atoms with van der Waals surface area (Å²) in [6, 6.07) is 7.38. The number of nitrogen functional groups attached to an aromatic ring is 2. The minimum Gasteiger partial charge on any atom is -0.397 e. The molecule has 0 fully saturated rings. The van der Waals surface area contributed by atoms with Gasteiger partial charge in [-0.3, -0.25) is 0 Å². The Morgan fingerprint density at radius 2 is 1.73 bits per heavy atom. The van der Waals surface area contributed by atoms with Crippen molar-refractivity contribution in [3.05, 3.63) is 48.0 Å². The lowest BCUT2D eigenvalue weighted by atomic mass is 10.1. The first-order chi connectivity index (χ1) is 7.27. The second-order valence-corrected chi connectivity index (χ2v) is 3.26. The summed E-state index contributed by atoms with van der Waals surface area (Å²) in [4.78, 5) is 8.27. The lowest BCUT2D eigenvalue weighted by molar-refractivity contribution is 0.970. The molecular weight excluding hydrogens is 188 g/mol. The van der Waals surface area contributed by atoms with Crippen LogP contribution in [-0.2, 0) is 6.42 Å². The molecule has 0 aliphatic rings. The Kier molecular flexibility index (Phi) is 2.49. The normalized spacial score (nSPS) is 10.1. The van der Waals surface area contributed by atoms with Crippen molar-refractivity contribution in [2.45, 2.75) is 6.42 Å². The van der Waals surface area contributed by atoms with Crippen molar-refractivity contribution in [3.63, 3.8) is 0 Å². The first-order valence-electron chi connectivity index (χ1n) is 4.66. The van der Waals surface area contributed by atoms with Gasteiger partial charge in [0.05, 0.1) is 11.4 Å². The number of para-hydroxylation sites is 1. The summed E-state index contributed by atoms with van der Waals surface area (Å²) in [6.07, 6.45) is 4.04. The van der Waals surface area contributed by atoms with Crippen LogP contribution in [0.5, 0.6) is 0 Å². The van der Waals surface area contributed by atoms with Gasteiger partial charge in [0, 0.05) is 18.8 Å². The third-order valence-electron chi connectivity index (χ3n) is 2.20. The van der Waals surface area contributed by atoms with Crippen LogP contribution in [0.1, 0.15) is 11.4 Å². The standard InChI is InChI=1S/C11H12N4/c12-9-4-1-3-8(11(9)13)7-10-14-5-2-6-15-10/h1-6H,7,12-13H2. The zero-order valence-electron chi connectivity index (χ0n) is 8.22. The van der Waals surface area contributed by atoms with Crippen LogP contribution in [0.2, 0.25) is 0 Å². The van der Waals surface area contributed by atoms with Gasteiger partial charge in [0.25, 0.3) is 0 Å². The maximum absolute atomic E-state index is 5.85. The first kappa shape index (κ1) is 9.45. The predicted molar refractivity (Wildman–Crippen MR) is 60.1 cm³/mol. The van der Waals surface area contributed by atoms with E-state index in [2.05, 4.69) is 9.97 Å². The molecule has 0 spiro atoms. The monoisotopic (exact) mass is 200 g/mol. The highest BCUT2D eigenvalue weighted by Crippen LogP contribution is 2.20. The van der Waals surface area contributed by atoms with E-state index >= 15 is 0 Å². The minimum atomic E-state index is 0.600. The third kappa shape index (κ3) is 2.04. The number of nitrogens with two attached hydrogens (primary N) is 2. The van der Waals surface area contributed by atoms with Gasteiger partial charge in [-0.25, -0.2) is 9.97 Å². The molecule has 0 saturated heterocycles. The van der Waals surface area contributed by atoms with Crippen molar-refractivity contribution >= 4 is 11.4 Å². The molecule has 4 nitrogen and oxygen atoms in total. The molecule has 0 aliphatic heterocycles. The highest BCUT2D eigenvalue weighted by Gasteiger charge is 2.04. The van der Waals surface area contributed by atoms with Crippen LogP contribution < -0.4 is 11.5 Å². The van der Waals surface area contributed by atoms with Gasteiger partial charge in [0.15, 0.2) is 0 Å². The fraction of sp³-hybridized carbons (Fsp3) is 0.0909. The summed E-state index contributed by atoms with van der Waals surface area (Å²) < 4.78 is 0. The van der Waals surface area contributed by atoms with Crippen molar-refractivity contribution in [3.8, 4) is 0 Å². The van der Waals surface area contributed by atoms with Crippen molar-refractivity contribution in [1.82, 2.24) is 9.97 Å². The molecule has 4 heteroatoms. The van der Waals surface area contributed by atoms with E-state index in [9.17, 15) is 0 Å². The molecule has 0 aliphatic carbocycles. The smallest absolute Gasteiger partial charge is 0.132 e. The molecule has 0 radical (unpaired) electrons. The summed E-state index contributed by atoms with van der Waals surface area (Å²) in [7, 11) is 0. The summed E-state index contributed by atoms with van der Waals surface area (Å²) in [6.45, 7) is 0. The Hall–Kier alpha value is -2.10. The van der Waals surface area contributed by atoms with Crippen LogP contribution in [0.4, 0.5) is 11.4 Å². The van der Waals surface area contributed by atoms with Crippen molar-refractivity contribution in [2.75, 3.05) is 11.5 Å². The van der Waals surface area contributed by atoms with Gasteiger partial charge in [0.1, 0.15) is 5.82 Å². The van der Waals surface area contributed by atoms with Crippen molar-refractivity contribution in [2.24, 2.45) is 0 Å². The molecule has 2 rings (SSSR count). The van der Waals surface area contributed by atoms with Crippen LogP contribution in [0.15, 0.2) is 36.7 Å². The lowest BCUT2D eigenvalue weighted by Gasteiger charge is -2.06. The fourth-order valence-electron chi connectivity index (χ4n) is 1.38. The topological polar surface area (TPSA) is 77.8 Å². The summed E-state index contributed by atoms with van der Waals surface area (Å²) in [5.74, 6) is 0.745. The van der Waals surface area contributed by atoms with Gasteiger partial charge in [-0.05, 0) is 17.7 Å². The van der Waals surface area contributed by atoms with Gasteiger partial charge >= 0.3 is 0 Å². The van der Waals surface area contributed by atoms with E-state index in [-0.39, 0.29) is 0 Å². The lowest BCUT2D eigenvalue weighted by Crippen LogP contribution is -2.02. The van der Waals surface area contributed by atoms with Gasteiger partial charge in [-0.2, -0.15) is 0 Å². The average molecular weight is 200 g/mol.